The van der Waals surface area contributed by atoms with Gasteiger partial charge in [-0.25, -0.2) is 4.39 Å². The van der Waals surface area contributed by atoms with Gasteiger partial charge < -0.3 is 25.8 Å². The minimum atomic E-state index is -4.35. The molecule has 2 aliphatic rings. The second kappa shape index (κ2) is 15.9. The smallest absolute Gasteiger partial charge is 0.344 e. The van der Waals surface area contributed by atoms with Gasteiger partial charge in [0, 0.05) is 51.3 Å². The van der Waals surface area contributed by atoms with Gasteiger partial charge in [-0.3, -0.25) is 23.9 Å². The van der Waals surface area contributed by atoms with Crippen molar-refractivity contribution >= 4 is 29.3 Å². The van der Waals surface area contributed by atoms with E-state index in [1.54, 1.807) is 31.7 Å². The van der Waals surface area contributed by atoms with Crippen LogP contribution in [-0.2, 0) is 20.9 Å². The number of anilines is 1. The summed E-state index contributed by atoms with van der Waals surface area (Å²) in [5, 5.41) is 12.0. The highest BCUT2D eigenvalue weighted by Gasteiger charge is 2.44. The van der Waals surface area contributed by atoms with Gasteiger partial charge >= 0.3 is 6.18 Å². The van der Waals surface area contributed by atoms with E-state index in [9.17, 15) is 32.3 Å². The van der Waals surface area contributed by atoms with Gasteiger partial charge in [-0.15, -0.1) is 0 Å². The van der Waals surface area contributed by atoms with Crippen molar-refractivity contribution in [2.75, 3.05) is 38.5 Å². The van der Waals surface area contributed by atoms with Crippen LogP contribution in [0.4, 0.5) is 23.2 Å². The summed E-state index contributed by atoms with van der Waals surface area (Å²) < 4.78 is 57.1. The van der Waals surface area contributed by atoms with Crippen LogP contribution in [0.15, 0.2) is 30.5 Å². The Labute approximate surface area is 277 Å². The van der Waals surface area contributed by atoms with Gasteiger partial charge in [0.25, 0.3) is 5.91 Å². The van der Waals surface area contributed by atoms with Crippen LogP contribution in [0.25, 0.3) is 0 Å². The van der Waals surface area contributed by atoms with Crippen LogP contribution < -0.4 is 16.0 Å². The molecular formula is C33H45F4N7O4. The summed E-state index contributed by atoms with van der Waals surface area (Å²) in [6.07, 6.45) is -3.06. The SMILES string of the molecule is CCC(=O)N[C@@H](C(=O)N1CCN(C)CC1)[C@@H](C)c1ccc(NC(=O)[C@@H](NC(=O)c2ccnn2CC)C2CCC(C(F)(F)F)CC2)c(F)c1. The summed E-state index contributed by atoms with van der Waals surface area (Å²) >= 11 is 0. The molecule has 48 heavy (non-hydrogen) atoms. The molecule has 3 atom stereocenters. The molecule has 0 radical (unpaired) electrons. The van der Waals surface area contributed by atoms with E-state index in [-0.39, 0.29) is 55.3 Å². The number of amides is 4. The number of aromatic nitrogens is 2. The quantitative estimate of drug-likeness (QED) is 0.309. The normalized spacial score (nSPS) is 20.8. The number of alkyl halides is 3. The summed E-state index contributed by atoms with van der Waals surface area (Å²) in [6, 6.07) is 3.36. The summed E-state index contributed by atoms with van der Waals surface area (Å²) in [6.45, 7) is 7.91. The third-order valence-electron chi connectivity index (χ3n) is 9.52. The van der Waals surface area contributed by atoms with E-state index in [1.807, 2.05) is 7.05 Å². The van der Waals surface area contributed by atoms with Crippen molar-refractivity contribution in [1.82, 2.24) is 30.2 Å². The van der Waals surface area contributed by atoms with Crippen molar-refractivity contribution in [2.24, 2.45) is 11.8 Å². The fraction of sp³-hybridized carbons (Fsp3) is 0.606. The maximum absolute atomic E-state index is 15.6. The molecule has 1 aromatic heterocycles. The van der Waals surface area contributed by atoms with Crippen LogP contribution in [0.5, 0.6) is 0 Å². The lowest BCUT2D eigenvalue weighted by Crippen LogP contribution is -2.55. The average Bonchev–Trinajstić information content (AvgIpc) is 3.55. The summed E-state index contributed by atoms with van der Waals surface area (Å²) in [4.78, 5) is 56.5. The van der Waals surface area contributed by atoms with Crippen molar-refractivity contribution < 1.29 is 36.7 Å². The van der Waals surface area contributed by atoms with Crippen LogP contribution >= 0.6 is 0 Å². The van der Waals surface area contributed by atoms with E-state index in [2.05, 4.69) is 25.9 Å². The second-order valence-electron chi connectivity index (χ2n) is 12.7. The van der Waals surface area contributed by atoms with E-state index in [0.717, 1.165) is 0 Å². The van der Waals surface area contributed by atoms with Gasteiger partial charge in [-0.2, -0.15) is 18.3 Å². The number of rotatable bonds is 11. The Morgan fingerprint density at radius 3 is 2.23 bits per heavy atom. The Morgan fingerprint density at radius 2 is 1.65 bits per heavy atom. The van der Waals surface area contributed by atoms with E-state index < -0.39 is 53.6 Å². The van der Waals surface area contributed by atoms with Gasteiger partial charge in [0.1, 0.15) is 23.6 Å². The molecule has 2 heterocycles. The summed E-state index contributed by atoms with van der Waals surface area (Å²) in [5.74, 6) is -5.51. The number of nitrogens with zero attached hydrogens (tertiary/aromatic N) is 4. The Balaban J connectivity index is 1.53. The number of carbonyl (C=O) groups is 4. The molecule has 4 amide bonds. The third-order valence-corrected chi connectivity index (χ3v) is 9.52. The molecule has 1 aliphatic heterocycles. The van der Waals surface area contributed by atoms with Crippen LogP contribution in [0.3, 0.4) is 0 Å². The topological polar surface area (TPSA) is 129 Å². The molecule has 3 N–H and O–H groups in total. The van der Waals surface area contributed by atoms with Crippen molar-refractivity contribution in [1.29, 1.82) is 0 Å². The first-order valence-corrected chi connectivity index (χ1v) is 16.5. The molecule has 2 fully saturated rings. The first-order chi connectivity index (χ1) is 22.7. The Hall–Kier alpha value is -4.01. The van der Waals surface area contributed by atoms with Crippen LogP contribution in [-0.4, -0.2) is 94.7 Å². The van der Waals surface area contributed by atoms with Crippen molar-refractivity contribution in [2.45, 2.75) is 83.6 Å². The molecule has 264 valence electrons. The first-order valence-electron chi connectivity index (χ1n) is 16.5. The number of piperazine rings is 1. The number of hydrogen-bond donors (Lipinski definition) is 3. The number of halogens is 4. The zero-order chi connectivity index (χ0) is 35.2. The monoisotopic (exact) mass is 679 g/mol. The molecule has 1 aliphatic carbocycles. The molecule has 1 aromatic carbocycles. The minimum Gasteiger partial charge on any atom is -0.344 e. The highest BCUT2D eigenvalue weighted by Crippen LogP contribution is 2.40. The first kappa shape index (κ1) is 36.8. The van der Waals surface area contributed by atoms with Gasteiger partial charge in [-0.1, -0.05) is 19.9 Å². The lowest BCUT2D eigenvalue weighted by Gasteiger charge is -2.36. The summed E-state index contributed by atoms with van der Waals surface area (Å²) in [5.41, 5.74) is 0.398. The van der Waals surface area contributed by atoms with Crippen molar-refractivity contribution in [3.05, 3.63) is 47.5 Å². The number of carbonyl (C=O) groups excluding carboxylic acids is 4. The third kappa shape index (κ3) is 8.91. The largest absolute Gasteiger partial charge is 0.391 e. The summed E-state index contributed by atoms with van der Waals surface area (Å²) in [7, 11) is 1.96. The molecule has 1 saturated carbocycles. The molecule has 0 spiro atoms. The standard InChI is InChI=1S/C33H45F4N7O4/c1-5-27(45)40-28(32(48)43-17-15-42(4)16-18-43)20(3)22-9-12-25(24(34)19-22)39-31(47)29(21-7-10-23(11-8-21)33(35,36)37)41-30(46)26-13-14-38-44(26)6-2/h9,12-14,19-21,23,28-29H,5-8,10-11,15-18H2,1-4H3,(H,39,47)(H,40,45)(H,41,46)/t20-,21?,23?,28+,29-/m0/s1. The van der Waals surface area contributed by atoms with Gasteiger partial charge in [0.05, 0.1) is 11.6 Å². The van der Waals surface area contributed by atoms with Crippen LogP contribution in [0.1, 0.15) is 74.8 Å². The fourth-order valence-corrected chi connectivity index (χ4v) is 6.39. The molecule has 11 nitrogen and oxygen atoms in total. The number of hydrogen-bond acceptors (Lipinski definition) is 6. The maximum Gasteiger partial charge on any atom is 0.391 e. The molecule has 0 bridgehead atoms. The lowest BCUT2D eigenvalue weighted by atomic mass is 9.78. The minimum absolute atomic E-state index is 0.0424. The van der Waals surface area contributed by atoms with E-state index in [1.165, 1.54) is 29.1 Å². The van der Waals surface area contributed by atoms with Crippen LogP contribution in [0.2, 0.25) is 0 Å². The number of benzene rings is 1. The van der Waals surface area contributed by atoms with Gasteiger partial charge in [0.2, 0.25) is 17.7 Å². The molecule has 2 aromatic rings. The Morgan fingerprint density at radius 1 is 0.979 bits per heavy atom. The molecule has 0 unspecified atom stereocenters. The number of likely N-dealkylation sites (N-methyl/N-ethyl adjacent to an activating group) is 1. The fourth-order valence-electron chi connectivity index (χ4n) is 6.39. The van der Waals surface area contributed by atoms with E-state index in [4.69, 9.17) is 0 Å². The zero-order valence-corrected chi connectivity index (χ0v) is 27.8. The van der Waals surface area contributed by atoms with Crippen molar-refractivity contribution in [3.8, 4) is 0 Å². The predicted molar refractivity (Wildman–Crippen MR) is 170 cm³/mol. The highest BCUT2D eigenvalue weighted by atomic mass is 19.4. The number of nitrogens with one attached hydrogen (secondary N) is 3. The number of aryl methyl sites for hydroxylation is 1. The molecule has 4 rings (SSSR count). The maximum atomic E-state index is 15.6. The molecular weight excluding hydrogens is 634 g/mol. The van der Waals surface area contributed by atoms with Gasteiger partial charge in [0.15, 0.2) is 0 Å². The Bertz CT molecular complexity index is 1450. The Kier molecular flexibility index (Phi) is 12.2. The second-order valence-corrected chi connectivity index (χ2v) is 12.7. The van der Waals surface area contributed by atoms with Crippen LogP contribution in [0, 0.1) is 17.7 Å². The molecule has 15 heteroatoms. The zero-order valence-electron chi connectivity index (χ0n) is 27.8. The average molecular weight is 680 g/mol. The van der Waals surface area contributed by atoms with Gasteiger partial charge in [-0.05, 0) is 69.3 Å². The van der Waals surface area contributed by atoms with E-state index in [0.29, 0.717) is 38.3 Å². The predicted octanol–water partition coefficient (Wildman–Crippen LogP) is 3.92. The molecule has 1 saturated heterocycles. The lowest BCUT2D eigenvalue weighted by molar-refractivity contribution is -0.184. The van der Waals surface area contributed by atoms with Crippen molar-refractivity contribution in [3.63, 3.8) is 0 Å². The van der Waals surface area contributed by atoms with E-state index >= 15 is 4.39 Å². The highest BCUT2D eigenvalue weighted by molar-refractivity contribution is 6.00.